The van der Waals surface area contributed by atoms with Gasteiger partial charge in [-0.2, -0.15) is 0 Å². The van der Waals surface area contributed by atoms with E-state index in [1.165, 1.54) is 12.1 Å². The van der Waals surface area contributed by atoms with Crippen LogP contribution in [0.15, 0.2) is 24.3 Å². The number of rotatable bonds is 4. The van der Waals surface area contributed by atoms with Gasteiger partial charge in [-0.25, -0.2) is 4.79 Å². The molecule has 1 atom stereocenters. The standard InChI is InChI=1S/C22H30N2O5/c1-22(2,3)29-21(28)17-8-11-24(14-17)18-9-12-23(13-10-18)19(25)15-4-6-16(7-5-15)20(26)27/h4-7,17-18H,8-14H2,1-3H3,(H,26,27)/t17-/m1/s1. The molecule has 0 saturated carbocycles. The summed E-state index contributed by atoms with van der Waals surface area (Å²) >= 11 is 0. The number of piperidine rings is 1. The summed E-state index contributed by atoms with van der Waals surface area (Å²) in [5, 5.41) is 8.98. The number of likely N-dealkylation sites (tertiary alicyclic amines) is 2. The maximum absolute atomic E-state index is 12.7. The number of carboxylic acids is 1. The minimum absolute atomic E-state index is 0.0616. The Morgan fingerprint density at radius 3 is 2.10 bits per heavy atom. The average molecular weight is 402 g/mol. The van der Waals surface area contributed by atoms with Crippen molar-refractivity contribution < 1.29 is 24.2 Å². The molecular weight excluding hydrogens is 372 g/mol. The zero-order valence-electron chi connectivity index (χ0n) is 17.4. The van der Waals surface area contributed by atoms with Gasteiger partial charge in [0.1, 0.15) is 5.60 Å². The lowest BCUT2D eigenvalue weighted by Gasteiger charge is -2.36. The van der Waals surface area contributed by atoms with Gasteiger partial charge in [0.25, 0.3) is 5.91 Å². The van der Waals surface area contributed by atoms with Crippen molar-refractivity contribution in [3.63, 3.8) is 0 Å². The van der Waals surface area contributed by atoms with Crippen molar-refractivity contribution in [1.29, 1.82) is 0 Å². The molecule has 1 amide bonds. The Kier molecular flexibility index (Phi) is 6.27. The van der Waals surface area contributed by atoms with Crippen LogP contribution in [-0.4, -0.2) is 70.6 Å². The lowest BCUT2D eigenvalue weighted by molar-refractivity contribution is -0.159. The summed E-state index contributed by atoms with van der Waals surface area (Å²) in [4.78, 5) is 40.1. The van der Waals surface area contributed by atoms with Crippen LogP contribution in [0.4, 0.5) is 0 Å². The highest BCUT2D eigenvalue weighted by Gasteiger charge is 2.36. The quantitative estimate of drug-likeness (QED) is 0.779. The fourth-order valence-corrected chi connectivity index (χ4v) is 4.07. The van der Waals surface area contributed by atoms with Gasteiger partial charge in [-0.1, -0.05) is 0 Å². The largest absolute Gasteiger partial charge is 0.478 e. The van der Waals surface area contributed by atoms with E-state index < -0.39 is 11.6 Å². The van der Waals surface area contributed by atoms with Crippen LogP contribution in [0.25, 0.3) is 0 Å². The van der Waals surface area contributed by atoms with E-state index in [1.54, 1.807) is 12.1 Å². The highest BCUT2D eigenvalue weighted by molar-refractivity contribution is 5.96. The number of carbonyl (C=O) groups excluding carboxylic acids is 2. The first kappa shape index (κ1) is 21.3. The number of esters is 1. The molecule has 3 rings (SSSR count). The average Bonchev–Trinajstić information content (AvgIpc) is 3.17. The predicted molar refractivity (Wildman–Crippen MR) is 108 cm³/mol. The Hall–Kier alpha value is -2.41. The number of aromatic carboxylic acids is 1. The molecule has 1 aromatic carbocycles. The van der Waals surface area contributed by atoms with Crippen LogP contribution in [-0.2, 0) is 9.53 Å². The van der Waals surface area contributed by atoms with Crippen molar-refractivity contribution in [1.82, 2.24) is 9.80 Å². The van der Waals surface area contributed by atoms with Gasteiger partial charge in [0.15, 0.2) is 0 Å². The number of hydrogen-bond acceptors (Lipinski definition) is 5. The molecule has 0 bridgehead atoms. The molecule has 0 spiro atoms. The van der Waals surface area contributed by atoms with Gasteiger partial charge in [-0.15, -0.1) is 0 Å². The van der Waals surface area contributed by atoms with E-state index in [2.05, 4.69) is 4.90 Å². The summed E-state index contributed by atoms with van der Waals surface area (Å²) in [6.07, 6.45) is 2.57. The minimum Gasteiger partial charge on any atom is -0.478 e. The molecule has 0 aromatic heterocycles. The predicted octanol–water partition coefficient (Wildman–Crippen LogP) is 2.65. The van der Waals surface area contributed by atoms with E-state index in [1.807, 2.05) is 25.7 Å². The normalized spacial score (nSPS) is 21.2. The summed E-state index contributed by atoms with van der Waals surface area (Å²) in [7, 11) is 0. The smallest absolute Gasteiger partial charge is 0.335 e. The first-order valence-electron chi connectivity index (χ1n) is 10.2. The third-order valence-electron chi connectivity index (χ3n) is 5.61. The molecule has 0 aliphatic carbocycles. The Morgan fingerprint density at radius 2 is 1.55 bits per heavy atom. The maximum Gasteiger partial charge on any atom is 0.335 e. The fourth-order valence-electron chi connectivity index (χ4n) is 4.07. The molecule has 2 fully saturated rings. The van der Waals surface area contributed by atoms with Crippen LogP contribution >= 0.6 is 0 Å². The second-order valence-electron chi connectivity index (χ2n) is 8.92. The fraction of sp³-hybridized carbons (Fsp3) is 0.591. The van der Waals surface area contributed by atoms with Gasteiger partial charge in [-0.05, 0) is 70.8 Å². The monoisotopic (exact) mass is 402 g/mol. The molecular formula is C22H30N2O5. The molecule has 2 saturated heterocycles. The lowest BCUT2D eigenvalue weighted by Crippen LogP contribution is -2.46. The number of benzene rings is 1. The summed E-state index contributed by atoms with van der Waals surface area (Å²) in [5.41, 5.74) is 0.229. The molecule has 158 valence electrons. The number of ether oxygens (including phenoxy) is 1. The number of carbonyl (C=O) groups is 3. The Balaban J connectivity index is 1.50. The molecule has 2 aliphatic heterocycles. The van der Waals surface area contributed by atoms with Crippen LogP contribution in [0.5, 0.6) is 0 Å². The van der Waals surface area contributed by atoms with E-state index in [4.69, 9.17) is 9.84 Å². The lowest BCUT2D eigenvalue weighted by atomic mass is 10.0. The highest BCUT2D eigenvalue weighted by Crippen LogP contribution is 2.27. The zero-order valence-corrected chi connectivity index (χ0v) is 17.4. The molecule has 2 heterocycles. The third kappa shape index (κ3) is 5.35. The summed E-state index contributed by atoms with van der Waals surface area (Å²) in [6.45, 7) is 8.61. The molecule has 1 aromatic rings. The molecule has 29 heavy (non-hydrogen) atoms. The van der Waals surface area contributed by atoms with Crippen molar-refractivity contribution in [2.75, 3.05) is 26.2 Å². The van der Waals surface area contributed by atoms with E-state index in [-0.39, 0.29) is 23.4 Å². The Morgan fingerprint density at radius 1 is 0.966 bits per heavy atom. The van der Waals surface area contributed by atoms with Crippen LogP contribution in [0.1, 0.15) is 60.7 Å². The van der Waals surface area contributed by atoms with Crippen LogP contribution in [0.3, 0.4) is 0 Å². The second kappa shape index (κ2) is 8.53. The number of hydrogen-bond donors (Lipinski definition) is 1. The molecule has 7 heteroatoms. The van der Waals surface area contributed by atoms with Crippen LogP contribution in [0, 0.1) is 5.92 Å². The Labute approximate surface area is 171 Å². The van der Waals surface area contributed by atoms with Crippen LogP contribution in [0.2, 0.25) is 0 Å². The molecule has 0 unspecified atom stereocenters. The van der Waals surface area contributed by atoms with E-state index in [0.29, 0.717) is 24.7 Å². The van der Waals surface area contributed by atoms with Crippen molar-refractivity contribution in [2.45, 2.75) is 51.7 Å². The highest BCUT2D eigenvalue weighted by atomic mass is 16.6. The van der Waals surface area contributed by atoms with Gasteiger partial charge < -0.3 is 14.7 Å². The number of nitrogens with zero attached hydrogens (tertiary/aromatic N) is 2. The second-order valence-corrected chi connectivity index (χ2v) is 8.92. The molecule has 0 radical (unpaired) electrons. The van der Waals surface area contributed by atoms with Crippen molar-refractivity contribution in [2.24, 2.45) is 5.92 Å². The van der Waals surface area contributed by atoms with E-state index in [0.717, 1.165) is 32.4 Å². The van der Waals surface area contributed by atoms with Crippen molar-refractivity contribution in [3.8, 4) is 0 Å². The van der Waals surface area contributed by atoms with Gasteiger partial charge in [-0.3, -0.25) is 14.5 Å². The zero-order chi connectivity index (χ0) is 21.2. The molecule has 2 aliphatic rings. The summed E-state index contributed by atoms with van der Waals surface area (Å²) in [6, 6.07) is 6.45. The number of amides is 1. The first-order chi connectivity index (χ1) is 13.6. The molecule has 1 N–H and O–H groups in total. The first-order valence-corrected chi connectivity index (χ1v) is 10.2. The SMILES string of the molecule is CC(C)(C)OC(=O)[C@@H]1CCN(C2CCN(C(=O)c3ccc(C(=O)O)cc3)CC2)C1. The van der Waals surface area contributed by atoms with Crippen molar-refractivity contribution >= 4 is 17.8 Å². The van der Waals surface area contributed by atoms with Gasteiger partial charge in [0.2, 0.25) is 0 Å². The van der Waals surface area contributed by atoms with Gasteiger partial charge in [0.05, 0.1) is 11.5 Å². The summed E-state index contributed by atoms with van der Waals surface area (Å²) < 4.78 is 5.52. The third-order valence-corrected chi connectivity index (χ3v) is 5.61. The van der Waals surface area contributed by atoms with E-state index in [9.17, 15) is 14.4 Å². The Bertz CT molecular complexity index is 760. The van der Waals surface area contributed by atoms with E-state index >= 15 is 0 Å². The molecule has 7 nitrogen and oxygen atoms in total. The maximum atomic E-state index is 12.7. The van der Waals surface area contributed by atoms with Crippen LogP contribution < -0.4 is 0 Å². The minimum atomic E-state index is -1.000. The summed E-state index contributed by atoms with van der Waals surface area (Å²) in [5.74, 6) is -1.24. The van der Waals surface area contributed by atoms with Crippen molar-refractivity contribution in [3.05, 3.63) is 35.4 Å². The number of carboxylic acid groups (broad SMARTS) is 1. The van der Waals surface area contributed by atoms with Gasteiger partial charge >= 0.3 is 11.9 Å². The van der Waals surface area contributed by atoms with Gasteiger partial charge in [0, 0.05) is 31.2 Å². The topological polar surface area (TPSA) is 87.2 Å².